The molecule has 1 saturated heterocycles. The Labute approximate surface area is 196 Å². The summed E-state index contributed by atoms with van der Waals surface area (Å²) < 4.78 is 0. The van der Waals surface area contributed by atoms with E-state index in [0.717, 1.165) is 82.3 Å². The van der Waals surface area contributed by atoms with Crippen LogP contribution in [-0.2, 0) is 24.1 Å². The predicted molar refractivity (Wildman–Crippen MR) is 133 cm³/mol. The summed E-state index contributed by atoms with van der Waals surface area (Å²) >= 11 is 1.91. The maximum absolute atomic E-state index is 13.0. The van der Waals surface area contributed by atoms with Crippen molar-refractivity contribution >= 4 is 33.3 Å². The number of aromatic nitrogens is 2. The number of carbonyl (C=O) groups is 1. The monoisotopic (exact) mass is 454 g/mol. The smallest absolute Gasteiger partial charge is 0.225 e. The van der Waals surface area contributed by atoms with Crippen molar-refractivity contribution in [3.05, 3.63) is 16.3 Å². The fraction of sp³-hybridized carbons (Fsp3) is 0.731. The molecule has 5 nitrogen and oxygen atoms in total. The van der Waals surface area contributed by atoms with Crippen LogP contribution in [0.2, 0.25) is 0 Å². The number of piperazine rings is 1. The number of aryl methyl sites for hydroxylation is 2. The third-order valence-electron chi connectivity index (χ3n) is 7.78. The van der Waals surface area contributed by atoms with Crippen LogP contribution in [0.1, 0.15) is 81.5 Å². The van der Waals surface area contributed by atoms with Crippen molar-refractivity contribution in [2.75, 3.05) is 31.1 Å². The minimum absolute atomic E-state index is 0.271. The molecule has 5 rings (SSSR count). The fourth-order valence-electron chi connectivity index (χ4n) is 5.79. The molecule has 0 unspecified atom stereocenters. The number of thiophene rings is 1. The molecule has 2 fully saturated rings. The molecule has 0 spiro atoms. The summed E-state index contributed by atoms with van der Waals surface area (Å²) in [6, 6.07) is 0. The maximum Gasteiger partial charge on any atom is 0.225 e. The number of rotatable bonds is 5. The van der Waals surface area contributed by atoms with Gasteiger partial charge in [0.25, 0.3) is 0 Å². The minimum atomic E-state index is 0.271. The normalized spacial score (nSPS) is 22.4. The zero-order chi connectivity index (χ0) is 22.1. The Morgan fingerprint density at radius 1 is 1.06 bits per heavy atom. The van der Waals surface area contributed by atoms with Gasteiger partial charge in [0.05, 0.1) is 5.39 Å². The molecule has 0 radical (unpaired) electrons. The molecule has 1 saturated carbocycles. The van der Waals surface area contributed by atoms with Crippen molar-refractivity contribution in [3.8, 4) is 0 Å². The zero-order valence-corrected chi connectivity index (χ0v) is 20.7. The molecule has 2 aliphatic carbocycles. The van der Waals surface area contributed by atoms with Crippen LogP contribution in [0.15, 0.2) is 0 Å². The molecule has 2 aromatic heterocycles. The summed E-state index contributed by atoms with van der Waals surface area (Å²) in [6.07, 6.45) is 12.8. The van der Waals surface area contributed by atoms with Crippen LogP contribution in [0, 0.1) is 11.8 Å². The number of carbonyl (C=O) groups excluding carboxylic acids is 1. The first-order valence-corrected chi connectivity index (χ1v) is 13.8. The lowest BCUT2D eigenvalue weighted by Crippen LogP contribution is -2.51. The number of anilines is 1. The van der Waals surface area contributed by atoms with Gasteiger partial charge in [-0.05, 0) is 50.0 Å². The molecule has 0 bridgehead atoms. The molecule has 1 atom stereocenters. The van der Waals surface area contributed by atoms with Crippen LogP contribution < -0.4 is 4.90 Å². The van der Waals surface area contributed by atoms with E-state index in [-0.39, 0.29) is 5.92 Å². The summed E-state index contributed by atoms with van der Waals surface area (Å²) in [7, 11) is 0. The van der Waals surface area contributed by atoms with Crippen molar-refractivity contribution in [1.29, 1.82) is 0 Å². The number of unbranched alkanes of at least 4 members (excludes halogenated alkanes) is 1. The average molecular weight is 455 g/mol. The van der Waals surface area contributed by atoms with Crippen molar-refractivity contribution in [3.63, 3.8) is 0 Å². The van der Waals surface area contributed by atoms with Crippen molar-refractivity contribution in [2.45, 2.75) is 84.5 Å². The van der Waals surface area contributed by atoms with E-state index in [1.54, 1.807) is 0 Å². The molecule has 6 heteroatoms. The first-order valence-electron chi connectivity index (χ1n) is 13.0. The molecule has 32 heavy (non-hydrogen) atoms. The first-order chi connectivity index (χ1) is 15.6. The van der Waals surface area contributed by atoms with E-state index in [9.17, 15) is 4.79 Å². The lowest BCUT2D eigenvalue weighted by Gasteiger charge is -2.38. The van der Waals surface area contributed by atoms with E-state index >= 15 is 0 Å². The van der Waals surface area contributed by atoms with Crippen LogP contribution >= 0.6 is 11.3 Å². The number of hydrogen-bond acceptors (Lipinski definition) is 5. The quantitative estimate of drug-likeness (QED) is 0.608. The zero-order valence-electron chi connectivity index (χ0n) is 19.9. The van der Waals surface area contributed by atoms with E-state index < -0.39 is 0 Å². The molecule has 0 N–H and O–H groups in total. The van der Waals surface area contributed by atoms with Crippen LogP contribution in [0.5, 0.6) is 0 Å². The van der Waals surface area contributed by atoms with Crippen LogP contribution in [0.25, 0.3) is 10.2 Å². The molecular formula is C26H38N4OS. The summed E-state index contributed by atoms with van der Waals surface area (Å²) in [5.74, 6) is 3.59. The Balaban J connectivity index is 1.39. The minimum Gasteiger partial charge on any atom is -0.352 e. The molecule has 0 aromatic carbocycles. The molecule has 2 aromatic rings. The molecule has 1 aliphatic heterocycles. The number of fused-ring (bicyclic) bond motifs is 3. The topological polar surface area (TPSA) is 49.3 Å². The van der Waals surface area contributed by atoms with Gasteiger partial charge < -0.3 is 9.80 Å². The second kappa shape index (κ2) is 9.66. The van der Waals surface area contributed by atoms with Gasteiger partial charge in [0.1, 0.15) is 16.5 Å². The van der Waals surface area contributed by atoms with Gasteiger partial charge in [0.2, 0.25) is 5.91 Å². The Morgan fingerprint density at radius 3 is 2.59 bits per heavy atom. The van der Waals surface area contributed by atoms with Gasteiger partial charge in [-0.1, -0.05) is 39.5 Å². The summed E-state index contributed by atoms with van der Waals surface area (Å²) in [5.41, 5.74) is 1.51. The molecular weight excluding hydrogens is 416 g/mol. The third-order valence-corrected chi connectivity index (χ3v) is 8.93. The predicted octanol–water partition coefficient (Wildman–Crippen LogP) is 5.39. The molecule has 3 heterocycles. The second-order valence-electron chi connectivity index (χ2n) is 10.2. The number of hydrogen-bond donors (Lipinski definition) is 0. The lowest BCUT2D eigenvalue weighted by atomic mass is 9.88. The van der Waals surface area contributed by atoms with Gasteiger partial charge in [-0.25, -0.2) is 9.97 Å². The highest BCUT2D eigenvalue weighted by Crippen LogP contribution is 2.41. The van der Waals surface area contributed by atoms with Crippen molar-refractivity contribution in [1.82, 2.24) is 14.9 Å². The van der Waals surface area contributed by atoms with Gasteiger partial charge >= 0.3 is 0 Å². The largest absolute Gasteiger partial charge is 0.352 e. The summed E-state index contributed by atoms with van der Waals surface area (Å²) in [4.78, 5) is 30.5. The van der Waals surface area contributed by atoms with Crippen LogP contribution in [0.4, 0.5) is 5.82 Å². The highest BCUT2D eigenvalue weighted by Gasteiger charge is 2.31. The average Bonchev–Trinajstić information content (AvgIpc) is 3.19. The van der Waals surface area contributed by atoms with Gasteiger partial charge in [0, 0.05) is 43.4 Å². The van der Waals surface area contributed by atoms with Gasteiger partial charge in [-0.15, -0.1) is 11.3 Å². The maximum atomic E-state index is 13.0. The van der Waals surface area contributed by atoms with Crippen LogP contribution in [0.3, 0.4) is 0 Å². The van der Waals surface area contributed by atoms with E-state index in [0.29, 0.717) is 5.91 Å². The second-order valence-corrected chi connectivity index (χ2v) is 11.3. The summed E-state index contributed by atoms with van der Waals surface area (Å²) in [5, 5.41) is 1.32. The first kappa shape index (κ1) is 22.1. The Kier molecular flexibility index (Phi) is 6.68. The Bertz CT molecular complexity index is 956. The van der Waals surface area contributed by atoms with E-state index in [1.165, 1.54) is 52.8 Å². The SMILES string of the molecule is CCCCc1nc(N2CCN(C(=O)C3CCCCC3)CC2)c2c3c(sc2n1)C[C@@H](C)CC3. The highest BCUT2D eigenvalue weighted by atomic mass is 32.1. The van der Waals surface area contributed by atoms with Gasteiger partial charge in [-0.3, -0.25) is 4.79 Å². The Morgan fingerprint density at radius 2 is 1.84 bits per heavy atom. The van der Waals surface area contributed by atoms with E-state index in [1.807, 2.05) is 11.3 Å². The molecule has 174 valence electrons. The van der Waals surface area contributed by atoms with Crippen LogP contribution in [-0.4, -0.2) is 47.0 Å². The van der Waals surface area contributed by atoms with Crippen molar-refractivity contribution < 1.29 is 4.79 Å². The molecule has 1 amide bonds. The lowest BCUT2D eigenvalue weighted by molar-refractivity contribution is -0.136. The molecule has 3 aliphatic rings. The van der Waals surface area contributed by atoms with Gasteiger partial charge in [-0.2, -0.15) is 0 Å². The van der Waals surface area contributed by atoms with Gasteiger partial charge in [0.15, 0.2) is 0 Å². The fourth-order valence-corrected chi connectivity index (χ4v) is 7.18. The third kappa shape index (κ3) is 4.40. The van der Waals surface area contributed by atoms with Crippen molar-refractivity contribution in [2.24, 2.45) is 11.8 Å². The van der Waals surface area contributed by atoms with E-state index in [4.69, 9.17) is 9.97 Å². The number of amides is 1. The number of nitrogens with zero attached hydrogens (tertiary/aromatic N) is 4. The Hall–Kier alpha value is -1.69. The van der Waals surface area contributed by atoms with E-state index in [2.05, 4.69) is 23.6 Å². The summed E-state index contributed by atoms with van der Waals surface area (Å²) in [6.45, 7) is 8.03. The standard InChI is InChI=1S/C26H38N4OS/c1-3-4-10-22-27-24(23-20-12-11-18(2)17-21(20)32-25(23)28-22)29-13-15-30(16-14-29)26(31)19-8-6-5-7-9-19/h18-19H,3-17H2,1-2H3/t18-/m0/s1. The highest BCUT2D eigenvalue weighted by molar-refractivity contribution is 7.19.